The molecule has 0 saturated carbocycles. The zero-order valence-electron chi connectivity index (χ0n) is 7.43. The second-order valence-electron chi connectivity index (χ2n) is 3.00. The van der Waals surface area contributed by atoms with Gasteiger partial charge in [-0.05, 0) is 30.5 Å². The fraction of sp³-hybridized carbons (Fsp3) is 0.400. The number of aliphatic hydroxyl groups excluding tert-OH is 1. The zero-order chi connectivity index (χ0) is 9.84. The molecule has 0 saturated heterocycles. The molecule has 1 nitrogen and oxygen atoms in total. The minimum absolute atomic E-state index is 0.347. The quantitative estimate of drug-likeness (QED) is 0.799. The Morgan fingerprint density at radius 1 is 1.54 bits per heavy atom. The second-order valence-corrected chi connectivity index (χ2v) is 3.41. The van der Waals surface area contributed by atoms with Crippen LogP contribution >= 0.6 is 11.6 Å². The molecule has 0 amide bonds. The summed E-state index contributed by atoms with van der Waals surface area (Å²) < 4.78 is 12.6. The summed E-state index contributed by atoms with van der Waals surface area (Å²) in [6.45, 7) is 1.89. The van der Waals surface area contributed by atoms with Gasteiger partial charge in [-0.1, -0.05) is 24.6 Å². The van der Waals surface area contributed by atoms with E-state index >= 15 is 0 Å². The molecule has 0 heterocycles. The Morgan fingerprint density at radius 3 is 2.77 bits per heavy atom. The Kier molecular flexibility index (Phi) is 3.70. The van der Waals surface area contributed by atoms with Crippen molar-refractivity contribution in [2.75, 3.05) is 0 Å². The van der Waals surface area contributed by atoms with Crippen molar-refractivity contribution >= 4 is 11.6 Å². The maximum absolute atomic E-state index is 12.6. The summed E-state index contributed by atoms with van der Waals surface area (Å²) in [5.41, 5.74) is 0.789. The third kappa shape index (κ3) is 2.98. The molecule has 1 rings (SSSR count). The van der Waals surface area contributed by atoms with Gasteiger partial charge in [-0.3, -0.25) is 0 Å². The first-order valence-electron chi connectivity index (χ1n) is 4.25. The van der Waals surface area contributed by atoms with Gasteiger partial charge in [0.05, 0.1) is 6.10 Å². The van der Waals surface area contributed by atoms with E-state index in [0.717, 1.165) is 5.56 Å². The van der Waals surface area contributed by atoms with Crippen molar-refractivity contribution in [2.45, 2.75) is 25.9 Å². The monoisotopic (exact) mass is 202 g/mol. The maximum atomic E-state index is 12.6. The molecular weight excluding hydrogens is 191 g/mol. The Bertz CT molecular complexity index is 288. The predicted octanol–water partition coefficient (Wildman–Crippen LogP) is 2.79. The highest BCUT2D eigenvalue weighted by atomic mass is 35.5. The Hall–Kier alpha value is -0.600. The van der Waals surface area contributed by atoms with Crippen LogP contribution < -0.4 is 0 Å². The molecule has 1 atom stereocenters. The smallest absolute Gasteiger partial charge is 0.124 e. The molecule has 1 unspecified atom stereocenters. The molecule has 13 heavy (non-hydrogen) atoms. The SMILES string of the molecule is CCC(O)Cc1ccc(F)cc1Cl. The van der Waals surface area contributed by atoms with Crippen LogP contribution in [-0.2, 0) is 6.42 Å². The van der Waals surface area contributed by atoms with E-state index < -0.39 is 6.10 Å². The first-order valence-corrected chi connectivity index (χ1v) is 4.63. The molecule has 0 aliphatic rings. The third-order valence-corrected chi connectivity index (χ3v) is 2.29. The van der Waals surface area contributed by atoms with Gasteiger partial charge < -0.3 is 5.11 Å². The zero-order valence-corrected chi connectivity index (χ0v) is 8.18. The van der Waals surface area contributed by atoms with Gasteiger partial charge in [0.1, 0.15) is 5.82 Å². The molecule has 0 fully saturated rings. The van der Waals surface area contributed by atoms with E-state index in [-0.39, 0.29) is 5.82 Å². The molecule has 1 N–H and O–H groups in total. The van der Waals surface area contributed by atoms with Crippen LogP contribution in [0.15, 0.2) is 18.2 Å². The molecule has 3 heteroatoms. The molecule has 1 aromatic rings. The van der Waals surface area contributed by atoms with E-state index in [9.17, 15) is 9.50 Å². The summed E-state index contributed by atoms with van der Waals surface area (Å²) in [6.07, 6.45) is 0.756. The van der Waals surface area contributed by atoms with Gasteiger partial charge >= 0.3 is 0 Å². The number of hydrogen-bond acceptors (Lipinski definition) is 1. The topological polar surface area (TPSA) is 20.2 Å². The lowest BCUT2D eigenvalue weighted by Crippen LogP contribution is -2.08. The van der Waals surface area contributed by atoms with Crippen LogP contribution in [0, 0.1) is 5.82 Å². The van der Waals surface area contributed by atoms with Gasteiger partial charge in [0.15, 0.2) is 0 Å². The summed E-state index contributed by atoms with van der Waals surface area (Å²) in [6, 6.07) is 4.22. The molecule has 1 aromatic carbocycles. The molecule has 0 aliphatic heterocycles. The predicted molar refractivity (Wildman–Crippen MR) is 51.4 cm³/mol. The van der Waals surface area contributed by atoms with Crippen LogP contribution in [0.3, 0.4) is 0 Å². The molecule has 0 bridgehead atoms. The molecule has 0 spiro atoms. The van der Waals surface area contributed by atoms with Crippen molar-refractivity contribution in [2.24, 2.45) is 0 Å². The Balaban J connectivity index is 2.77. The lowest BCUT2D eigenvalue weighted by Gasteiger charge is -2.08. The number of benzene rings is 1. The Labute approximate surface area is 82.2 Å². The highest BCUT2D eigenvalue weighted by Crippen LogP contribution is 2.19. The lowest BCUT2D eigenvalue weighted by molar-refractivity contribution is 0.171. The molecule has 0 aliphatic carbocycles. The van der Waals surface area contributed by atoms with Crippen LogP contribution in [0.4, 0.5) is 4.39 Å². The number of halogens is 2. The number of aliphatic hydroxyl groups is 1. The highest BCUT2D eigenvalue weighted by molar-refractivity contribution is 6.31. The van der Waals surface area contributed by atoms with E-state index in [4.69, 9.17) is 11.6 Å². The summed E-state index contributed by atoms with van der Waals surface area (Å²) in [4.78, 5) is 0. The van der Waals surface area contributed by atoms with E-state index in [2.05, 4.69) is 0 Å². The largest absolute Gasteiger partial charge is 0.393 e. The van der Waals surface area contributed by atoms with Crippen molar-refractivity contribution < 1.29 is 9.50 Å². The van der Waals surface area contributed by atoms with E-state index in [1.54, 1.807) is 6.07 Å². The number of rotatable bonds is 3. The van der Waals surface area contributed by atoms with Gasteiger partial charge in [0.2, 0.25) is 0 Å². The van der Waals surface area contributed by atoms with Crippen LogP contribution in [0.1, 0.15) is 18.9 Å². The van der Waals surface area contributed by atoms with Gasteiger partial charge in [0.25, 0.3) is 0 Å². The van der Waals surface area contributed by atoms with Crippen molar-refractivity contribution in [3.8, 4) is 0 Å². The third-order valence-electron chi connectivity index (χ3n) is 1.94. The van der Waals surface area contributed by atoms with Crippen molar-refractivity contribution in [1.29, 1.82) is 0 Å². The summed E-state index contributed by atoms with van der Waals surface area (Å²) >= 11 is 5.78. The summed E-state index contributed by atoms with van der Waals surface area (Å²) in [7, 11) is 0. The summed E-state index contributed by atoms with van der Waals surface area (Å²) in [5, 5.41) is 9.73. The van der Waals surface area contributed by atoms with Gasteiger partial charge in [-0.2, -0.15) is 0 Å². The van der Waals surface area contributed by atoms with E-state index in [0.29, 0.717) is 17.9 Å². The first-order chi connectivity index (χ1) is 6.13. The maximum Gasteiger partial charge on any atom is 0.124 e. The lowest BCUT2D eigenvalue weighted by atomic mass is 10.1. The average Bonchev–Trinajstić information content (AvgIpc) is 2.09. The average molecular weight is 203 g/mol. The van der Waals surface area contributed by atoms with Crippen molar-refractivity contribution in [3.63, 3.8) is 0 Å². The molecule has 0 radical (unpaired) electrons. The van der Waals surface area contributed by atoms with Crippen LogP contribution in [0.25, 0.3) is 0 Å². The van der Waals surface area contributed by atoms with Crippen LogP contribution in [-0.4, -0.2) is 11.2 Å². The van der Waals surface area contributed by atoms with Gasteiger partial charge in [-0.25, -0.2) is 4.39 Å². The van der Waals surface area contributed by atoms with Crippen LogP contribution in [0.5, 0.6) is 0 Å². The normalized spacial score (nSPS) is 12.9. The second kappa shape index (κ2) is 4.58. The number of hydrogen-bond donors (Lipinski definition) is 1. The fourth-order valence-electron chi connectivity index (χ4n) is 1.09. The minimum atomic E-state index is -0.400. The van der Waals surface area contributed by atoms with Gasteiger partial charge in [-0.15, -0.1) is 0 Å². The highest BCUT2D eigenvalue weighted by Gasteiger charge is 2.06. The Morgan fingerprint density at radius 2 is 2.23 bits per heavy atom. The van der Waals surface area contributed by atoms with Crippen molar-refractivity contribution in [3.05, 3.63) is 34.6 Å². The molecule has 72 valence electrons. The summed E-state index contributed by atoms with van der Waals surface area (Å²) in [5.74, 6) is -0.347. The van der Waals surface area contributed by atoms with E-state index in [1.807, 2.05) is 6.92 Å². The fourth-order valence-corrected chi connectivity index (χ4v) is 1.33. The van der Waals surface area contributed by atoms with Crippen molar-refractivity contribution in [1.82, 2.24) is 0 Å². The molecular formula is C10H12ClFO. The van der Waals surface area contributed by atoms with Crippen LogP contribution in [0.2, 0.25) is 5.02 Å². The van der Waals surface area contributed by atoms with Gasteiger partial charge in [0, 0.05) is 5.02 Å². The minimum Gasteiger partial charge on any atom is -0.393 e. The first kappa shape index (κ1) is 10.5. The standard InChI is InChI=1S/C10H12ClFO/c1-2-9(13)5-7-3-4-8(12)6-10(7)11/h3-4,6,9,13H,2,5H2,1H3. The molecule has 0 aromatic heterocycles. The van der Waals surface area contributed by atoms with E-state index in [1.165, 1.54) is 12.1 Å².